The third-order valence-electron chi connectivity index (χ3n) is 4.30. The molecule has 1 saturated heterocycles. The number of urea groups is 1. The Morgan fingerprint density at radius 3 is 2.17 bits per heavy atom. The highest BCUT2D eigenvalue weighted by atomic mass is 16.5. The van der Waals surface area contributed by atoms with E-state index in [0.717, 1.165) is 0 Å². The van der Waals surface area contributed by atoms with E-state index in [-0.39, 0.29) is 24.7 Å². The summed E-state index contributed by atoms with van der Waals surface area (Å²) in [7, 11) is 1.57. The van der Waals surface area contributed by atoms with Crippen molar-refractivity contribution >= 4 is 35.1 Å². The summed E-state index contributed by atoms with van der Waals surface area (Å²) >= 11 is 0. The average Bonchev–Trinajstić information content (AvgIpc) is 3.04. The van der Waals surface area contributed by atoms with Gasteiger partial charge in [0.15, 0.2) is 0 Å². The first kappa shape index (κ1) is 19.9. The maximum atomic E-state index is 12.3. The molecule has 1 fully saturated rings. The van der Waals surface area contributed by atoms with Crippen molar-refractivity contribution in [3.63, 3.8) is 0 Å². The van der Waals surface area contributed by atoms with E-state index in [0.29, 0.717) is 22.7 Å². The number of carbonyl (C=O) groups is 4. The van der Waals surface area contributed by atoms with Crippen LogP contribution in [0.25, 0.3) is 0 Å². The van der Waals surface area contributed by atoms with Gasteiger partial charge in [0.2, 0.25) is 5.91 Å². The Balaban J connectivity index is 1.49. The Bertz CT molecular complexity index is 925. The second-order valence-electron chi connectivity index (χ2n) is 6.36. The van der Waals surface area contributed by atoms with Gasteiger partial charge < -0.3 is 20.7 Å². The number of hydrogen-bond donors (Lipinski definition) is 4. The highest BCUT2D eigenvalue weighted by molar-refractivity contribution is 6.05. The van der Waals surface area contributed by atoms with Crippen molar-refractivity contribution in [2.24, 2.45) is 0 Å². The molecule has 2 aromatic rings. The van der Waals surface area contributed by atoms with E-state index >= 15 is 0 Å². The van der Waals surface area contributed by atoms with Crippen molar-refractivity contribution in [3.8, 4) is 5.75 Å². The lowest BCUT2D eigenvalue weighted by Crippen LogP contribution is -2.30. The summed E-state index contributed by atoms with van der Waals surface area (Å²) < 4.78 is 5.07. The summed E-state index contributed by atoms with van der Waals surface area (Å²) in [5, 5.41) is 10.0. The van der Waals surface area contributed by atoms with Crippen molar-refractivity contribution < 1.29 is 23.9 Å². The lowest BCUT2D eigenvalue weighted by atomic mass is 10.1. The predicted octanol–water partition coefficient (Wildman–Crippen LogP) is 1.87. The molecule has 2 aromatic carbocycles. The zero-order valence-corrected chi connectivity index (χ0v) is 15.7. The van der Waals surface area contributed by atoms with Gasteiger partial charge in [0.25, 0.3) is 11.8 Å². The monoisotopic (exact) mass is 396 g/mol. The van der Waals surface area contributed by atoms with Crippen LogP contribution in [-0.4, -0.2) is 36.9 Å². The molecule has 9 nitrogen and oxygen atoms in total. The van der Waals surface area contributed by atoms with Gasteiger partial charge in [-0.25, -0.2) is 4.79 Å². The van der Waals surface area contributed by atoms with Gasteiger partial charge in [0, 0.05) is 23.4 Å². The number of carbonyl (C=O) groups excluding carboxylic acids is 4. The second-order valence-corrected chi connectivity index (χ2v) is 6.36. The molecule has 150 valence electrons. The minimum atomic E-state index is -0.697. The first-order valence-electron chi connectivity index (χ1n) is 8.91. The molecule has 1 aliphatic heterocycles. The van der Waals surface area contributed by atoms with Gasteiger partial charge in [-0.1, -0.05) is 0 Å². The van der Waals surface area contributed by atoms with Gasteiger partial charge in [-0.2, -0.15) is 0 Å². The first-order chi connectivity index (χ1) is 13.9. The van der Waals surface area contributed by atoms with Crippen LogP contribution < -0.4 is 26.0 Å². The molecule has 4 N–H and O–H groups in total. The van der Waals surface area contributed by atoms with Crippen LogP contribution in [0.15, 0.2) is 48.5 Å². The van der Waals surface area contributed by atoms with E-state index in [1.165, 1.54) is 0 Å². The second kappa shape index (κ2) is 8.87. The van der Waals surface area contributed by atoms with E-state index in [1.54, 1.807) is 55.6 Å². The van der Waals surface area contributed by atoms with Crippen LogP contribution in [0.4, 0.5) is 16.2 Å². The zero-order valence-electron chi connectivity index (χ0n) is 15.7. The molecular weight excluding hydrogens is 376 g/mol. The lowest BCUT2D eigenvalue weighted by Gasteiger charge is -2.09. The number of ether oxygens (including phenoxy) is 1. The molecule has 0 radical (unpaired) electrons. The highest BCUT2D eigenvalue weighted by Crippen LogP contribution is 2.17. The number of anilines is 2. The highest BCUT2D eigenvalue weighted by Gasteiger charge is 2.29. The third-order valence-corrected chi connectivity index (χ3v) is 4.30. The van der Waals surface area contributed by atoms with Crippen LogP contribution in [0.2, 0.25) is 0 Å². The standard InChI is InChI=1S/C20H20N4O5/c1-29-15-8-6-14(7-9-15)22-18(26)12-2-4-13(5-3-12)21-17(25)11-10-16-19(27)24-20(28)23-16/h2-9,16H,10-11H2,1H3,(H,21,25)(H,22,26)(H2,23,24,27,28). The van der Waals surface area contributed by atoms with E-state index < -0.39 is 18.0 Å². The molecule has 0 aromatic heterocycles. The molecule has 0 saturated carbocycles. The van der Waals surface area contributed by atoms with Crippen LogP contribution in [0, 0.1) is 0 Å². The molecule has 1 heterocycles. The van der Waals surface area contributed by atoms with Gasteiger partial charge in [-0.05, 0) is 55.0 Å². The van der Waals surface area contributed by atoms with Gasteiger partial charge in [0.05, 0.1) is 7.11 Å². The van der Waals surface area contributed by atoms with Crippen molar-refractivity contribution in [1.82, 2.24) is 10.6 Å². The fourth-order valence-corrected chi connectivity index (χ4v) is 2.74. The molecule has 0 bridgehead atoms. The molecule has 5 amide bonds. The van der Waals surface area contributed by atoms with E-state index in [1.807, 2.05) is 0 Å². The van der Waals surface area contributed by atoms with Gasteiger partial charge in [0.1, 0.15) is 11.8 Å². The number of benzene rings is 2. The van der Waals surface area contributed by atoms with Crippen molar-refractivity contribution in [2.75, 3.05) is 17.7 Å². The maximum Gasteiger partial charge on any atom is 0.322 e. The van der Waals surface area contributed by atoms with Crippen LogP contribution in [0.3, 0.4) is 0 Å². The fraction of sp³-hybridized carbons (Fsp3) is 0.200. The molecule has 1 atom stereocenters. The maximum absolute atomic E-state index is 12.3. The first-order valence-corrected chi connectivity index (χ1v) is 8.91. The minimum Gasteiger partial charge on any atom is -0.497 e. The van der Waals surface area contributed by atoms with E-state index in [4.69, 9.17) is 4.74 Å². The fourth-order valence-electron chi connectivity index (χ4n) is 2.74. The number of hydrogen-bond acceptors (Lipinski definition) is 5. The normalized spacial score (nSPS) is 15.3. The minimum absolute atomic E-state index is 0.0675. The number of nitrogens with one attached hydrogen (secondary N) is 4. The van der Waals surface area contributed by atoms with Crippen LogP contribution in [-0.2, 0) is 9.59 Å². The smallest absolute Gasteiger partial charge is 0.322 e. The summed E-state index contributed by atoms with van der Waals surface area (Å²) in [5.41, 5.74) is 1.59. The van der Waals surface area contributed by atoms with Gasteiger partial charge in [-0.3, -0.25) is 19.7 Å². The van der Waals surface area contributed by atoms with Gasteiger partial charge in [-0.15, -0.1) is 0 Å². The van der Waals surface area contributed by atoms with Crippen LogP contribution in [0.5, 0.6) is 5.75 Å². The Morgan fingerprint density at radius 2 is 1.59 bits per heavy atom. The van der Waals surface area contributed by atoms with Crippen molar-refractivity contribution in [3.05, 3.63) is 54.1 Å². The summed E-state index contributed by atoms with van der Waals surface area (Å²) in [5.74, 6) is -0.320. The molecule has 0 spiro atoms. The summed E-state index contributed by atoms with van der Waals surface area (Å²) in [6.07, 6.45) is 0.268. The predicted molar refractivity (Wildman–Crippen MR) is 106 cm³/mol. The molecule has 29 heavy (non-hydrogen) atoms. The number of rotatable bonds is 7. The number of amides is 5. The Kier molecular flexibility index (Phi) is 6.08. The van der Waals surface area contributed by atoms with Crippen molar-refractivity contribution in [2.45, 2.75) is 18.9 Å². The molecule has 3 rings (SSSR count). The Labute approximate surface area is 166 Å². The average molecular weight is 396 g/mol. The van der Waals surface area contributed by atoms with Crippen molar-refractivity contribution in [1.29, 1.82) is 0 Å². The summed E-state index contributed by atoms with van der Waals surface area (Å²) in [4.78, 5) is 46.8. The lowest BCUT2D eigenvalue weighted by molar-refractivity contribution is -0.120. The topological polar surface area (TPSA) is 126 Å². The largest absolute Gasteiger partial charge is 0.497 e. The molecule has 9 heteroatoms. The summed E-state index contributed by atoms with van der Waals surface area (Å²) in [6.45, 7) is 0. The quantitative estimate of drug-likeness (QED) is 0.532. The number of methoxy groups -OCH3 is 1. The Hall–Kier alpha value is -3.88. The molecular formula is C20H20N4O5. The SMILES string of the molecule is COc1ccc(NC(=O)c2ccc(NC(=O)CCC3NC(=O)NC3=O)cc2)cc1. The Morgan fingerprint density at radius 1 is 0.966 bits per heavy atom. The zero-order chi connectivity index (χ0) is 20.8. The van der Waals surface area contributed by atoms with E-state index in [2.05, 4.69) is 21.3 Å². The molecule has 0 aliphatic carbocycles. The summed E-state index contributed by atoms with van der Waals surface area (Å²) in [6, 6.07) is 12.1. The molecule has 1 unspecified atom stereocenters. The van der Waals surface area contributed by atoms with Crippen LogP contribution >= 0.6 is 0 Å². The molecule has 1 aliphatic rings. The van der Waals surface area contributed by atoms with E-state index in [9.17, 15) is 19.2 Å². The third kappa shape index (κ3) is 5.32. The van der Waals surface area contributed by atoms with Crippen LogP contribution in [0.1, 0.15) is 23.2 Å². The van der Waals surface area contributed by atoms with Gasteiger partial charge >= 0.3 is 6.03 Å². The number of imide groups is 1.